The molecule has 0 amide bonds. The summed E-state index contributed by atoms with van der Waals surface area (Å²) in [5.74, 6) is 1.93. The van der Waals surface area contributed by atoms with Crippen LogP contribution in [0.15, 0.2) is 56.9 Å². The van der Waals surface area contributed by atoms with E-state index in [0.29, 0.717) is 64.1 Å². The molecule has 2 aromatic carbocycles. The number of hydrogen-bond donors (Lipinski definition) is 0. The first-order chi connectivity index (χ1) is 16.6. The molecule has 1 atom stereocenters. The Balaban J connectivity index is 1.43. The van der Waals surface area contributed by atoms with Crippen LogP contribution in [0.25, 0.3) is 22.3 Å². The number of benzene rings is 2. The molecule has 0 radical (unpaired) electrons. The van der Waals surface area contributed by atoms with Gasteiger partial charge < -0.3 is 14.0 Å². The molecule has 1 unspecified atom stereocenters. The molecule has 2 aromatic heterocycles. The number of aromatic nitrogens is 4. The van der Waals surface area contributed by atoms with E-state index in [0.717, 1.165) is 18.4 Å². The van der Waals surface area contributed by atoms with E-state index in [1.807, 2.05) is 31.2 Å². The average molecular weight is 499 g/mol. The molecule has 8 nitrogen and oxygen atoms in total. The van der Waals surface area contributed by atoms with Gasteiger partial charge in [-0.3, -0.25) is 9.36 Å². The fraction of sp³-hybridized carbons (Fsp3) is 0.333. The molecule has 176 valence electrons. The lowest BCUT2D eigenvalue weighted by Gasteiger charge is -2.16. The first kappa shape index (κ1) is 22.9. The number of halogens is 1. The lowest BCUT2D eigenvalue weighted by molar-refractivity contribution is 0.0937. The van der Waals surface area contributed by atoms with Crippen molar-refractivity contribution in [2.45, 2.75) is 43.3 Å². The summed E-state index contributed by atoms with van der Waals surface area (Å²) in [6.45, 7) is 3.63. The zero-order valence-electron chi connectivity index (χ0n) is 18.6. The predicted octanol–water partition coefficient (Wildman–Crippen LogP) is 4.97. The highest BCUT2D eigenvalue weighted by atomic mass is 35.5. The Labute approximate surface area is 205 Å². The fourth-order valence-corrected chi connectivity index (χ4v) is 4.93. The van der Waals surface area contributed by atoms with Crippen molar-refractivity contribution in [3.63, 3.8) is 0 Å². The van der Waals surface area contributed by atoms with E-state index in [1.54, 1.807) is 22.8 Å². The summed E-state index contributed by atoms with van der Waals surface area (Å²) < 4.78 is 18.6. The van der Waals surface area contributed by atoms with Crippen molar-refractivity contribution in [2.75, 3.05) is 13.2 Å². The average Bonchev–Trinajstić information content (AvgIpc) is 3.52. The third-order valence-corrected chi connectivity index (χ3v) is 6.71. The first-order valence-electron chi connectivity index (χ1n) is 11.1. The molecule has 3 heterocycles. The summed E-state index contributed by atoms with van der Waals surface area (Å²) in [4.78, 5) is 22.6. The highest BCUT2D eigenvalue weighted by Gasteiger charge is 2.21. The summed E-state index contributed by atoms with van der Waals surface area (Å²) in [6, 6.07) is 12.7. The number of para-hydroxylation sites is 1. The van der Waals surface area contributed by atoms with Crippen LogP contribution in [0.3, 0.4) is 0 Å². The fourth-order valence-electron chi connectivity index (χ4n) is 3.92. The van der Waals surface area contributed by atoms with Gasteiger partial charge in [0.25, 0.3) is 5.56 Å². The number of hydrogen-bond acceptors (Lipinski definition) is 8. The van der Waals surface area contributed by atoms with Crippen molar-refractivity contribution >= 4 is 34.3 Å². The Hall–Kier alpha value is -2.88. The summed E-state index contributed by atoms with van der Waals surface area (Å²) in [7, 11) is 0. The lowest BCUT2D eigenvalue weighted by atomic mass is 10.2. The Kier molecular flexibility index (Phi) is 6.85. The molecule has 5 rings (SSSR count). The first-order valence-corrected chi connectivity index (χ1v) is 12.5. The summed E-state index contributed by atoms with van der Waals surface area (Å²) in [5, 5.41) is 5.74. The van der Waals surface area contributed by atoms with Crippen LogP contribution in [-0.4, -0.2) is 39.0 Å². The molecule has 10 heteroatoms. The molecule has 0 aliphatic carbocycles. The van der Waals surface area contributed by atoms with Gasteiger partial charge in [0, 0.05) is 11.6 Å². The highest BCUT2D eigenvalue weighted by Crippen LogP contribution is 2.29. The number of nitrogens with zero attached hydrogens (tertiary/aromatic N) is 4. The molecule has 1 aliphatic rings. The van der Waals surface area contributed by atoms with Gasteiger partial charge in [-0.25, -0.2) is 4.98 Å². The molecule has 34 heavy (non-hydrogen) atoms. The Bertz CT molecular complexity index is 1370. The topological polar surface area (TPSA) is 92.3 Å². The van der Waals surface area contributed by atoms with E-state index >= 15 is 0 Å². The van der Waals surface area contributed by atoms with Crippen LogP contribution in [-0.2, 0) is 17.0 Å². The molecule has 0 N–H and O–H groups in total. The SMILES string of the molecule is CCOc1ccccc1-c1noc(CSc2nc3cc(Cl)ccc3c(=O)n2CC2CCCO2)n1. The van der Waals surface area contributed by atoms with Crippen molar-refractivity contribution in [1.82, 2.24) is 19.7 Å². The molecule has 1 saturated heterocycles. The van der Waals surface area contributed by atoms with Crippen LogP contribution in [0.4, 0.5) is 0 Å². The monoisotopic (exact) mass is 498 g/mol. The highest BCUT2D eigenvalue weighted by molar-refractivity contribution is 7.98. The van der Waals surface area contributed by atoms with Crippen LogP contribution >= 0.6 is 23.4 Å². The Morgan fingerprint density at radius 2 is 2.12 bits per heavy atom. The van der Waals surface area contributed by atoms with Gasteiger partial charge in [-0.15, -0.1) is 0 Å². The number of ether oxygens (including phenoxy) is 2. The second-order valence-corrected chi connectivity index (χ2v) is 9.22. The minimum Gasteiger partial charge on any atom is -0.493 e. The lowest BCUT2D eigenvalue weighted by Crippen LogP contribution is -2.28. The standard InChI is InChI=1S/C24H23ClN4O4S/c1-2-31-20-8-4-3-7-18(20)22-27-21(33-28-22)14-34-24-26-19-12-15(25)9-10-17(19)23(30)29(24)13-16-6-5-11-32-16/h3-4,7-10,12,16H,2,5-6,11,13-14H2,1H3. The van der Waals surface area contributed by atoms with Gasteiger partial charge in [0.2, 0.25) is 11.7 Å². The normalized spacial score (nSPS) is 15.8. The zero-order chi connectivity index (χ0) is 23.5. The number of thioether (sulfide) groups is 1. The molecular formula is C24H23ClN4O4S. The maximum Gasteiger partial charge on any atom is 0.262 e. The van der Waals surface area contributed by atoms with Gasteiger partial charge in [-0.05, 0) is 50.1 Å². The van der Waals surface area contributed by atoms with Gasteiger partial charge >= 0.3 is 0 Å². The van der Waals surface area contributed by atoms with Gasteiger partial charge in [0.1, 0.15) is 5.75 Å². The van der Waals surface area contributed by atoms with E-state index in [4.69, 9.17) is 30.6 Å². The van der Waals surface area contributed by atoms with E-state index in [9.17, 15) is 4.79 Å². The number of rotatable bonds is 8. The van der Waals surface area contributed by atoms with Gasteiger partial charge in [-0.2, -0.15) is 4.98 Å². The minimum atomic E-state index is -0.114. The summed E-state index contributed by atoms with van der Waals surface area (Å²) in [6.07, 6.45) is 1.90. The molecule has 4 aromatic rings. The van der Waals surface area contributed by atoms with Crippen molar-refractivity contribution in [3.05, 3.63) is 63.7 Å². The maximum absolute atomic E-state index is 13.3. The van der Waals surface area contributed by atoms with Gasteiger partial charge in [0.15, 0.2) is 5.16 Å². The van der Waals surface area contributed by atoms with E-state index < -0.39 is 0 Å². The second-order valence-electron chi connectivity index (χ2n) is 7.84. The maximum atomic E-state index is 13.3. The third kappa shape index (κ3) is 4.82. The molecule has 1 fully saturated rings. The van der Waals surface area contributed by atoms with Gasteiger partial charge in [0.05, 0.1) is 41.5 Å². The molecular weight excluding hydrogens is 476 g/mol. The minimum absolute atomic E-state index is 0.00586. The van der Waals surface area contributed by atoms with Crippen molar-refractivity contribution in [1.29, 1.82) is 0 Å². The van der Waals surface area contributed by atoms with Crippen LogP contribution in [0.1, 0.15) is 25.7 Å². The molecule has 1 aliphatic heterocycles. The molecule has 0 saturated carbocycles. The largest absolute Gasteiger partial charge is 0.493 e. The van der Waals surface area contributed by atoms with E-state index in [2.05, 4.69) is 10.1 Å². The Morgan fingerprint density at radius 3 is 2.94 bits per heavy atom. The van der Waals surface area contributed by atoms with Crippen LogP contribution in [0, 0.1) is 0 Å². The summed E-state index contributed by atoms with van der Waals surface area (Å²) in [5.41, 5.74) is 1.20. The number of fused-ring (bicyclic) bond motifs is 1. The van der Waals surface area contributed by atoms with Crippen LogP contribution in [0.2, 0.25) is 5.02 Å². The Morgan fingerprint density at radius 1 is 1.24 bits per heavy atom. The summed E-state index contributed by atoms with van der Waals surface area (Å²) >= 11 is 7.52. The zero-order valence-corrected chi connectivity index (χ0v) is 20.1. The van der Waals surface area contributed by atoms with Crippen molar-refractivity contribution in [2.24, 2.45) is 0 Å². The van der Waals surface area contributed by atoms with E-state index in [1.165, 1.54) is 11.8 Å². The third-order valence-electron chi connectivity index (χ3n) is 5.51. The van der Waals surface area contributed by atoms with Crippen LogP contribution < -0.4 is 10.3 Å². The second kappa shape index (κ2) is 10.2. The van der Waals surface area contributed by atoms with Crippen molar-refractivity contribution < 1.29 is 14.0 Å². The molecule has 0 bridgehead atoms. The van der Waals surface area contributed by atoms with E-state index in [-0.39, 0.29) is 11.7 Å². The quantitative estimate of drug-likeness (QED) is 0.248. The molecule has 0 spiro atoms. The van der Waals surface area contributed by atoms with Crippen LogP contribution in [0.5, 0.6) is 5.75 Å². The smallest absolute Gasteiger partial charge is 0.262 e. The predicted molar refractivity (Wildman–Crippen MR) is 130 cm³/mol. The van der Waals surface area contributed by atoms with Crippen molar-refractivity contribution in [3.8, 4) is 17.1 Å². The van der Waals surface area contributed by atoms with Gasteiger partial charge in [-0.1, -0.05) is 40.7 Å².